The van der Waals surface area contributed by atoms with Gasteiger partial charge in [-0.25, -0.2) is 0 Å². The Morgan fingerprint density at radius 2 is 2.15 bits per heavy atom. The number of anilines is 1. The molecule has 4 heteroatoms. The van der Waals surface area contributed by atoms with Gasteiger partial charge in [0.25, 0.3) is 0 Å². The summed E-state index contributed by atoms with van der Waals surface area (Å²) in [5.41, 5.74) is 1.50. The summed E-state index contributed by atoms with van der Waals surface area (Å²) >= 11 is 0. The van der Waals surface area contributed by atoms with Crippen LogP contribution in [0.5, 0.6) is 0 Å². The van der Waals surface area contributed by atoms with Crippen molar-refractivity contribution < 1.29 is 4.79 Å². The lowest BCUT2D eigenvalue weighted by molar-refractivity contribution is -0.122. The quantitative estimate of drug-likeness (QED) is 0.915. The van der Waals surface area contributed by atoms with Gasteiger partial charge >= 0.3 is 0 Å². The highest BCUT2D eigenvalue weighted by Gasteiger charge is 2.23. The number of amides is 1. The summed E-state index contributed by atoms with van der Waals surface area (Å²) in [7, 11) is 1.88. The highest BCUT2D eigenvalue weighted by Crippen LogP contribution is 2.19. The molecule has 106 valence electrons. The molecule has 1 amide bonds. The number of nitriles is 1. The predicted octanol–water partition coefficient (Wildman–Crippen LogP) is 2.44. The zero-order valence-electron chi connectivity index (χ0n) is 12.1. The third-order valence-electron chi connectivity index (χ3n) is 4.04. The molecule has 20 heavy (non-hydrogen) atoms. The molecule has 1 saturated carbocycles. The van der Waals surface area contributed by atoms with Crippen molar-refractivity contribution >= 4 is 11.6 Å². The molecular weight excluding hydrogens is 250 g/mol. The van der Waals surface area contributed by atoms with Gasteiger partial charge in [-0.3, -0.25) is 4.79 Å². The number of hydrogen-bond acceptors (Lipinski definition) is 3. The minimum Gasteiger partial charge on any atom is -0.363 e. The van der Waals surface area contributed by atoms with E-state index in [0.717, 1.165) is 18.5 Å². The fourth-order valence-electron chi connectivity index (χ4n) is 2.59. The highest BCUT2D eigenvalue weighted by atomic mass is 16.2. The van der Waals surface area contributed by atoms with E-state index >= 15 is 0 Å². The Morgan fingerprint density at radius 3 is 2.80 bits per heavy atom. The van der Waals surface area contributed by atoms with Gasteiger partial charge in [-0.05, 0) is 38.0 Å². The van der Waals surface area contributed by atoms with Gasteiger partial charge in [0, 0.05) is 18.8 Å². The molecular formula is C16H21N3O. The number of rotatable bonds is 4. The molecule has 0 spiro atoms. The van der Waals surface area contributed by atoms with Crippen LogP contribution in [0.2, 0.25) is 0 Å². The first-order valence-electron chi connectivity index (χ1n) is 7.15. The van der Waals surface area contributed by atoms with Crippen molar-refractivity contribution in [2.45, 2.75) is 44.7 Å². The molecule has 0 aromatic heterocycles. The largest absolute Gasteiger partial charge is 0.363 e. The van der Waals surface area contributed by atoms with E-state index in [2.05, 4.69) is 11.4 Å². The van der Waals surface area contributed by atoms with E-state index in [0.29, 0.717) is 11.6 Å². The maximum atomic E-state index is 12.3. The Bertz CT molecular complexity index is 515. The Morgan fingerprint density at radius 1 is 1.45 bits per heavy atom. The van der Waals surface area contributed by atoms with E-state index in [1.807, 2.05) is 31.0 Å². The molecule has 0 heterocycles. The van der Waals surface area contributed by atoms with Gasteiger partial charge in [0.1, 0.15) is 6.04 Å². The first-order chi connectivity index (χ1) is 9.61. The summed E-state index contributed by atoms with van der Waals surface area (Å²) in [5.74, 6) is 0.0572. The molecule has 4 nitrogen and oxygen atoms in total. The number of carbonyl (C=O) groups excluding carboxylic acids is 1. The van der Waals surface area contributed by atoms with E-state index < -0.39 is 0 Å². The van der Waals surface area contributed by atoms with Crippen LogP contribution in [-0.4, -0.2) is 25.0 Å². The standard InChI is InChI=1S/C16H21N3O/c1-12(16(20)18-14-7-3-4-8-14)19(2)15-9-5-6-13(10-15)11-17/h5-6,9-10,12,14H,3-4,7-8H2,1-2H3,(H,18,20). The van der Waals surface area contributed by atoms with Gasteiger partial charge in [-0.15, -0.1) is 0 Å². The van der Waals surface area contributed by atoms with Gasteiger partial charge in [0.2, 0.25) is 5.91 Å². The summed E-state index contributed by atoms with van der Waals surface area (Å²) in [6, 6.07) is 9.54. The van der Waals surface area contributed by atoms with Crippen LogP contribution in [0.25, 0.3) is 0 Å². The molecule has 2 rings (SSSR count). The fourth-order valence-corrected chi connectivity index (χ4v) is 2.59. The fraction of sp³-hybridized carbons (Fsp3) is 0.500. The highest BCUT2D eigenvalue weighted by molar-refractivity contribution is 5.85. The Hall–Kier alpha value is -2.02. The van der Waals surface area contributed by atoms with E-state index in [1.54, 1.807) is 12.1 Å². The second-order valence-electron chi connectivity index (χ2n) is 5.44. The number of likely N-dealkylation sites (N-methyl/N-ethyl adjacent to an activating group) is 1. The summed E-state index contributed by atoms with van der Waals surface area (Å²) in [5, 5.41) is 12.0. The van der Waals surface area contributed by atoms with Crippen LogP contribution in [-0.2, 0) is 4.79 Å². The molecule has 0 saturated heterocycles. The van der Waals surface area contributed by atoms with E-state index in [9.17, 15) is 4.79 Å². The Balaban J connectivity index is 2.01. The van der Waals surface area contributed by atoms with Gasteiger partial charge in [-0.1, -0.05) is 18.9 Å². The second-order valence-corrected chi connectivity index (χ2v) is 5.44. The smallest absolute Gasteiger partial charge is 0.242 e. The van der Waals surface area contributed by atoms with Crippen LogP contribution in [0, 0.1) is 11.3 Å². The third kappa shape index (κ3) is 3.30. The molecule has 1 unspecified atom stereocenters. The average molecular weight is 271 g/mol. The van der Waals surface area contributed by atoms with Crippen LogP contribution < -0.4 is 10.2 Å². The zero-order valence-corrected chi connectivity index (χ0v) is 12.1. The van der Waals surface area contributed by atoms with Crippen LogP contribution in [0.1, 0.15) is 38.2 Å². The van der Waals surface area contributed by atoms with Gasteiger partial charge in [0.15, 0.2) is 0 Å². The predicted molar refractivity (Wildman–Crippen MR) is 79.4 cm³/mol. The van der Waals surface area contributed by atoms with Gasteiger partial charge in [0.05, 0.1) is 11.6 Å². The third-order valence-corrected chi connectivity index (χ3v) is 4.04. The van der Waals surface area contributed by atoms with Crippen molar-refractivity contribution in [2.75, 3.05) is 11.9 Å². The summed E-state index contributed by atoms with van der Waals surface area (Å²) in [6.45, 7) is 1.89. The van der Waals surface area contributed by atoms with E-state index in [4.69, 9.17) is 5.26 Å². The monoisotopic (exact) mass is 271 g/mol. The minimum atomic E-state index is -0.246. The molecule has 1 atom stereocenters. The molecule has 0 radical (unpaired) electrons. The van der Waals surface area contributed by atoms with Crippen LogP contribution >= 0.6 is 0 Å². The summed E-state index contributed by atoms with van der Waals surface area (Å²) < 4.78 is 0. The average Bonchev–Trinajstić information content (AvgIpc) is 2.98. The van der Waals surface area contributed by atoms with Crippen LogP contribution in [0.3, 0.4) is 0 Å². The van der Waals surface area contributed by atoms with Crippen LogP contribution in [0.4, 0.5) is 5.69 Å². The molecule has 1 aromatic carbocycles. The number of hydrogen-bond donors (Lipinski definition) is 1. The summed E-state index contributed by atoms with van der Waals surface area (Å²) in [6.07, 6.45) is 4.59. The normalized spacial score (nSPS) is 16.4. The van der Waals surface area contributed by atoms with Gasteiger partial charge < -0.3 is 10.2 Å². The lowest BCUT2D eigenvalue weighted by Gasteiger charge is -2.27. The van der Waals surface area contributed by atoms with Crippen molar-refractivity contribution in [1.29, 1.82) is 5.26 Å². The first kappa shape index (κ1) is 14.4. The van der Waals surface area contributed by atoms with Crippen LogP contribution in [0.15, 0.2) is 24.3 Å². The van der Waals surface area contributed by atoms with Crippen molar-refractivity contribution in [3.05, 3.63) is 29.8 Å². The van der Waals surface area contributed by atoms with E-state index in [-0.39, 0.29) is 11.9 Å². The maximum Gasteiger partial charge on any atom is 0.242 e. The molecule has 0 aliphatic heterocycles. The molecule has 1 aromatic rings. The molecule has 1 fully saturated rings. The van der Waals surface area contributed by atoms with E-state index in [1.165, 1.54) is 12.8 Å². The van der Waals surface area contributed by atoms with Gasteiger partial charge in [-0.2, -0.15) is 5.26 Å². The SMILES string of the molecule is CC(C(=O)NC1CCCC1)N(C)c1cccc(C#N)c1. The maximum absolute atomic E-state index is 12.3. The van der Waals surface area contributed by atoms with Crippen molar-refractivity contribution in [3.63, 3.8) is 0 Å². The van der Waals surface area contributed by atoms with Crippen molar-refractivity contribution in [3.8, 4) is 6.07 Å². The summed E-state index contributed by atoms with van der Waals surface area (Å²) in [4.78, 5) is 14.2. The molecule has 1 aliphatic rings. The number of nitrogens with zero attached hydrogens (tertiary/aromatic N) is 2. The Kier molecular flexibility index (Phi) is 4.62. The zero-order chi connectivity index (χ0) is 14.5. The minimum absolute atomic E-state index is 0.0572. The molecule has 1 N–H and O–H groups in total. The Labute approximate surface area is 120 Å². The lowest BCUT2D eigenvalue weighted by atomic mass is 10.1. The number of carbonyl (C=O) groups is 1. The van der Waals surface area contributed by atoms with Crippen molar-refractivity contribution in [1.82, 2.24) is 5.32 Å². The topological polar surface area (TPSA) is 56.1 Å². The second kappa shape index (κ2) is 6.42. The molecule has 0 bridgehead atoms. The number of benzene rings is 1. The molecule has 1 aliphatic carbocycles. The van der Waals surface area contributed by atoms with Crippen molar-refractivity contribution in [2.24, 2.45) is 0 Å². The first-order valence-corrected chi connectivity index (χ1v) is 7.15. The number of nitrogens with one attached hydrogen (secondary N) is 1. The lowest BCUT2D eigenvalue weighted by Crippen LogP contribution is -2.46.